The molecule has 29 heavy (non-hydrogen) atoms. The Kier molecular flexibility index (Phi) is 5.04. The molecule has 1 aliphatic heterocycles. The molecule has 4 rings (SSSR count). The predicted molar refractivity (Wildman–Crippen MR) is 115 cm³/mol. The predicted octanol–water partition coefficient (Wildman–Crippen LogP) is 4.05. The van der Waals surface area contributed by atoms with Crippen LogP contribution in [0.15, 0.2) is 52.2 Å². The molecule has 0 spiro atoms. The highest BCUT2D eigenvalue weighted by molar-refractivity contribution is 7.89. The first-order valence-corrected chi connectivity index (χ1v) is 11.9. The van der Waals surface area contributed by atoms with Crippen molar-refractivity contribution in [2.75, 3.05) is 0 Å². The summed E-state index contributed by atoms with van der Waals surface area (Å²) in [5.74, 6) is 0.696. The van der Waals surface area contributed by atoms with E-state index in [2.05, 4.69) is 4.72 Å². The van der Waals surface area contributed by atoms with Crippen LogP contribution in [0.5, 0.6) is 5.75 Å². The second-order valence-electron chi connectivity index (χ2n) is 7.93. The maximum Gasteiger partial charge on any atom is 0.308 e. The summed E-state index contributed by atoms with van der Waals surface area (Å²) < 4.78 is 37.5. The zero-order chi connectivity index (χ0) is 20.8. The summed E-state index contributed by atoms with van der Waals surface area (Å²) >= 11 is 1.08. The van der Waals surface area contributed by atoms with Gasteiger partial charge in [0.2, 0.25) is 10.0 Å². The highest BCUT2D eigenvalue weighted by atomic mass is 32.2. The lowest BCUT2D eigenvalue weighted by molar-refractivity contribution is 0.0702. The minimum absolute atomic E-state index is 0.0653. The maximum absolute atomic E-state index is 13.2. The van der Waals surface area contributed by atoms with Crippen molar-refractivity contribution in [3.05, 3.63) is 57.7 Å². The Balaban J connectivity index is 1.70. The van der Waals surface area contributed by atoms with Crippen molar-refractivity contribution in [3.63, 3.8) is 0 Å². The van der Waals surface area contributed by atoms with Crippen LogP contribution in [0.25, 0.3) is 10.2 Å². The van der Waals surface area contributed by atoms with Gasteiger partial charge < -0.3 is 4.74 Å². The Morgan fingerprint density at radius 1 is 1.24 bits per heavy atom. The zero-order valence-electron chi connectivity index (χ0n) is 16.6. The lowest BCUT2D eigenvalue weighted by Gasteiger charge is -2.37. The van der Waals surface area contributed by atoms with Gasteiger partial charge in [0, 0.05) is 18.5 Å². The summed E-state index contributed by atoms with van der Waals surface area (Å²) in [6.45, 7) is 6.53. The van der Waals surface area contributed by atoms with E-state index >= 15 is 0 Å². The molecule has 0 bridgehead atoms. The summed E-state index contributed by atoms with van der Waals surface area (Å²) in [7, 11) is -3.77. The highest BCUT2D eigenvalue weighted by Gasteiger charge is 2.36. The van der Waals surface area contributed by atoms with Crippen molar-refractivity contribution in [1.29, 1.82) is 0 Å². The average molecular weight is 433 g/mol. The Morgan fingerprint density at radius 2 is 2.00 bits per heavy atom. The third-order valence-corrected chi connectivity index (χ3v) is 7.48. The maximum atomic E-state index is 13.2. The van der Waals surface area contributed by atoms with E-state index < -0.39 is 15.6 Å². The van der Waals surface area contributed by atoms with E-state index in [4.69, 9.17) is 4.74 Å². The summed E-state index contributed by atoms with van der Waals surface area (Å²) in [6, 6.07) is 12.0. The number of nitrogens with one attached hydrogen (secondary N) is 1. The number of benzene rings is 2. The monoisotopic (exact) mass is 432 g/mol. The fraction of sp³-hybridized carbons (Fsp3) is 0.381. The highest BCUT2D eigenvalue weighted by Crippen LogP contribution is 2.40. The summed E-state index contributed by atoms with van der Waals surface area (Å²) in [5.41, 5.74) is 1.12. The molecule has 1 aliphatic rings. The van der Waals surface area contributed by atoms with Gasteiger partial charge in [0.1, 0.15) is 11.4 Å². The standard InChI is InChI=1S/C21H24N2O4S2/c1-4-11-23-17-10-9-14(12-19(17)28-20(23)24)29(25,26)22-16-13-21(2,3)27-18-8-6-5-7-15(16)18/h5-10,12,16,22H,4,11,13H2,1-3H3. The van der Waals surface area contributed by atoms with Crippen molar-refractivity contribution in [2.45, 2.75) is 56.7 Å². The van der Waals surface area contributed by atoms with E-state index in [1.54, 1.807) is 22.8 Å². The molecule has 0 saturated carbocycles. The fourth-order valence-electron chi connectivity index (χ4n) is 3.81. The molecular formula is C21H24N2O4S2. The molecule has 0 aliphatic carbocycles. The SMILES string of the molecule is CCCn1c(=O)sc2cc(S(=O)(=O)NC3CC(C)(C)Oc4ccccc43)ccc21. The molecule has 2 aromatic carbocycles. The largest absolute Gasteiger partial charge is 0.487 e. The number of aryl methyl sites for hydroxylation is 1. The van der Waals surface area contributed by atoms with Crippen molar-refractivity contribution in [3.8, 4) is 5.75 Å². The van der Waals surface area contributed by atoms with E-state index in [0.29, 0.717) is 23.4 Å². The number of thiazole rings is 1. The Hall–Kier alpha value is -2.16. The van der Waals surface area contributed by atoms with Crippen LogP contribution in [-0.4, -0.2) is 18.6 Å². The van der Waals surface area contributed by atoms with Gasteiger partial charge in [-0.2, -0.15) is 0 Å². The van der Waals surface area contributed by atoms with Gasteiger partial charge in [0.25, 0.3) is 0 Å². The molecule has 0 fully saturated rings. The number of rotatable bonds is 5. The molecule has 3 aromatic rings. The van der Waals surface area contributed by atoms with E-state index in [9.17, 15) is 13.2 Å². The molecule has 6 nitrogen and oxygen atoms in total. The number of nitrogens with zero attached hydrogens (tertiary/aromatic N) is 1. The lowest BCUT2D eigenvalue weighted by atomic mass is 9.90. The molecule has 0 amide bonds. The van der Waals surface area contributed by atoms with E-state index in [-0.39, 0.29) is 15.8 Å². The minimum Gasteiger partial charge on any atom is -0.487 e. The summed E-state index contributed by atoms with van der Waals surface area (Å²) in [6.07, 6.45) is 1.36. The fourth-order valence-corrected chi connectivity index (χ4v) is 6.08. The normalized spacial score (nSPS) is 18.4. The number of para-hydroxylation sites is 1. The van der Waals surface area contributed by atoms with E-state index in [1.165, 1.54) is 0 Å². The number of aromatic nitrogens is 1. The minimum atomic E-state index is -3.77. The van der Waals surface area contributed by atoms with Gasteiger partial charge in [-0.25, -0.2) is 13.1 Å². The van der Waals surface area contributed by atoms with Gasteiger partial charge in [0.15, 0.2) is 0 Å². The second-order valence-corrected chi connectivity index (χ2v) is 10.6. The topological polar surface area (TPSA) is 77.4 Å². The van der Waals surface area contributed by atoms with Gasteiger partial charge >= 0.3 is 4.87 Å². The van der Waals surface area contributed by atoms with Crippen molar-refractivity contribution < 1.29 is 13.2 Å². The van der Waals surface area contributed by atoms with Crippen LogP contribution in [0.4, 0.5) is 0 Å². The first-order chi connectivity index (χ1) is 13.7. The molecule has 2 heterocycles. The van der Waals surface area contributed by atoms with E-state index in [0.717, 1.165) is 28.8 Å². The van der Waals surface area contributed by atoms with E-state index in [1.807, 2.05) is 45.0 Å². The molecule has 1 atom stereocenters. The van der Waals surface area contributed by atoms with Crippen LogP contribution in [0.2, 0.25) is 0 Å². The Bertz CT molecular complexity index is 1220. The first-order valence-electron chi connectivity index (χ1n) is 9.64. The van der Waals surface area contributed by atoms with Gasteiger partial charge in [-0.15, -0.1) is 0 Å². The molecule has 0 radical (unpaired) electrons. The number of fused-ring (bicyclic) bond motifs is 2. The van der Waals surface area contributed by atoms with Gasteiger partial charge in [-0.3, -0.25) is 9.36 Å². The third-order valence-electron chi connectivity index (χ3n) is 5.07. The third kappa shape index (κ3) is 3.84. The zero-order valence-corrected chi connectivity index (χ0v) is 18.3. The van der Waals surface area contributed by atoms with Crippen LogP contribution in [0.1, 0.15) is 45.2 Å². The molecule has 8 heteroatoms. The number of ether oxygens (including phenoxy) is 1. The van der Waals surface area contributed by atoms with Gasteiger partial charge in [-0.05, 0) is 44.5 Å². The van der Waals surface area contributed by atoms with Crippen molar-refractivity contribution in [1.82, 2.24) is 9.29 Å². The molecule has 1 unspecified atom stereocenters. The number of sulfonamides is 1. The van der Waals surface area contributed by atoms with Crippen LogP contribution >= 0.6 is 11.3 Å². The smallest absolute Gasteiger partial charge is 0.308 e. The lowest BCUT2D eigenvalue weighted by Crippen LogP contribution is -2.41. The quantitative estimate of drug-likeness (QED) is 0.660. The average Bonchev–Trinajstić information content (AvgIpc) is 2.95. The molecule has 1 N–H and O–H groups in total. The number of hydrogen-bond donors (Lipinski definition) is 1. The van der Waals surface area contributed by atoms with Gasteiger partial charge in [0.05, 0.1) is 21.2 Å². The molecule has 154 valence electrons. The Labute approximate surface area is 174 Å². The molecular weight excluding hydrogens is 408 g/mol. The van der Waals surface area contributed by atoms with Crippen LogP contribution < -0.4 is 14.3 Å². The number of hydrogen-bond acceptors (Lipinski definition) is 5. The Morgan fingerprint density at radius 3 is 2.76 bits per heavy atom. The van der Waals surface area contributed by atoms with Gasteiger partial charge in [-0.1, -0.05) is 36.5 Å². The van der Waals surface area contributed by atoms with Crippen molar-refractivity contribution >= 4 is 31.6 Å². The van der Waals surface area contributed by atoms with Crippen LogP contribution in [0, 0.1) is 0 Å². The molecule has 1 aromatic heterocycles. The summed E-state index contributed by atoms with van der Waals surface area (Å²) in [5, 5.41) is 0. The second kappa shape index (κ2) is 7.27. The van der Waals surface area contributed by atoms with Crippen LogP contribution in [0.3, 0.4) is 0 Å². The first kappa shape index (κ1) is 20.1. The summed E-state index contributed by atoms with van der Waals surface area (Å²) in [4.78, 5) is 12.3. The van der Waals surface area contributed by atoms with Crippen molar-refractivity contribution in [2.24, 2.45) is 0 Å². The molecule has 0 saturated heterocycles. The van der Waals surface area contributed by atoms with Crippen LogP contribution in [-0.2, 0) is 16.6 Å².